The maximum Gasteiger partial charge on any atom is 0.141 e. The average Bonchev–Trinajstić information content (AvgIpc) is 2.79. The molecule has 0 aliphatic rings. The standard InChI is InChI=1S/C24H20N2O2/c1-27-23-18(17-10-4-3-5-11-17)16-19(20-12-6-8-14-25-20)24(28-2)22(23)21-13-7-9-15-26-21/h3-16H,1-2H3. The second-order valence-corrected chi connectivity index (χ2v) is 6.21. The molecule has 4 nitrogen and oxygen atoms in total. The molecule has 0 atom stereocenters. The van der Waals surface area contributed by atoms with Crippen molar-refractivity contribution in [2.75, 3.05) is 14.2 Å². The van der Waals surface area contributed by atoms with Crippen LogP contribution in [0.5, 0.6) is 11.5 Å². The monoisotopic (exact) mass is 368 g/mol. The first-order valence-electron chi connectivity index (χ1n) is 9.00. The largest absolute Gasteiger partial charge is 0.495 e. The molecule has 0 bridgehead atoms. The minimum Gasteiger partial charge on any atom is -0.495 e. The smallest absolute Gasteiger partial charge is 0.141 e. The number of hydrogen-bond donors (Lipinski definition) is 0. The Labute approximate surface area is 164 Å². The Bertz CT molecular complexity index is 1000. The summed E-state index contributed by atoms with van der Waals surface area (Å²) >= 11 is 0. The highest BCUT2D eigenvalue weighted by atomic mass is 16.5. The molecule has 2 heterocycles. The van der Waals surface area contributed by atoms with Gasteiger partial charge in [-0.1, -0.05) is 42.5 Å². The Balaban J connectivity index is 2.11. The van der Waals surface area contributed by atoms with Crippen LogP contribution in [0.2, 0.25) is 0 Å². The molecule has 0 saturated carbocycles. The lowest BCUT2D eigenvalue weighted by atomic mass is 9.93. The van der Waals surface area contributed by atoms with E-state index in [1.54, 1.807) is 26.6 Å². The van der Waals surface area contributed by atoms with Crippen molar-refractivity contribution >= 4 is 0 Å². The molecular weight excluding hydrogens is 348 g/mol. The van der Waals surface area contributed by atoms with Crippen molar-refractivity contribution in [3.63, 3.8) is 0 Å². The summed E-state index contributed by atoms with van der Waals surface area (Å²) in [6, 6.07) is 23.9. The highest BCUT2D eigenvalue weighted by molar-refractivity contribution is 5.92. The molecule has 4 aromatic rings. The highest BCUT2D eigenvalue weighted by Gasteiger charge is 2.24. The van der Waals surface area contributed by atoms with E-state index in [0.717, 1.165) is 39.4 Å². The number of nitrogens with zero attached hydrogens (tertiary/aromatic N) is 2. The molecule has 4 rings (SSSR count). The summed E-state index contributed by atoms with van der Waals surface area (Å²) in [5.74, 6) is 1.41. The van der Waals surface area contributed by atoms with Gasteiger partial charge < -0.3 is 9.47 Å². The van der Waals surface area contributed by atoms with Gasteiger partial charge in [-0.15, -0.1) is 0 Å². The molecular formula is C24H20N2O2. The zero-order valence-corrected chi connectivity index (χ0v) is 15.8. The van der Waals surface area contributed by atoms with E-state index in [9.17, 15) is 0 Å². The van der Waals surface area contributed by atoms with Crippen molar-refractivity contribution in [2.24, 2.45) is 0 Å². The van der Waals surface area contributed by atoms with Gasteiger partial charge in [-0.25, -0.2) is 0 Å². The number of pyridine rings is 2. The van der Waals surface area contributed by atoms with Gasteiger partial charge in [0.05, 0.1) is 31.2 Å². The fourth-order valence-electron chi connectivity index (χ4n) is 3.36. The molecule has 0 aliphatic heterocycles. The van der Waals surface area contributed by atoms with E-state index in [1.165, 1.54) is 0 Å². The first-order chi connectivity index (χ1) is 13.8. The Hall–Kier alpha value is -3.66. The van der Waals surface area contributed by atoms with Gasteiger partial charge in [0.15, 0.2) is 0 Å². The average molecular weight is 368 g/mol. The number of aromatic nitrogens is 2. The van der Waals surface area contributed by atoms with Gasteiger partial charge >= 0.3 is 0 Å². The highest BCUT2D eigenvalue weighted by Crippen LogP contribution is 2.49. The van der Waals surface area contributed by atoms with E-state index in [4.69, 9.17) is 9.47 Å². The SMILES string of the molecule is COc1c(-c2ccccc2)cc(-c2ccccn2)c(OC)c1-c1ccccn1. The minimum atomic E-state index is 0.689. The van der Waals surface area contributed by atoms with Gasteiger partial charge in [0.25, 0.3) is 0 Å². The molecule has 2 aromatic heterocycles. The predicted molar refractivity (Wildman–Crippen MR) is 111 cm³/mol. The number of ether oxygens (including phenoxy) is 2. The van der Waals surface area contributed by atoms with E-state index >= 15 is 0 Å². The van der Waals surface area contributed by atoms with Crippen LogP contribution in [0.3, 0.4) is 0 Å². The molecule has 4 heteroatoms. The fourth-order valence-corrected chi connectivity index (χ4v) is 3.36. The lowest BCUT2D eigenvalue weighted by molar-refractivity contribution is 0.399. The van der Waals surface area contributed by atoms with Crippen LogP contribution >= 0.6 is 0 Å². The molecule has 0 spiro atoms. The predicted octanol–water partition coefficient (Wildman–Crippen LogP) is 5.49. The Morgan fingerprint density at radius 1 is 0.607 bits per heavy atom. The van der Waals surface area contributed by atoms with E-state index < -0.39 is 0 Å². The van der Waals surface area contributed by atoms with Crippen molar-refractivity contribution in [1.82, 2.24) is 9.97 Å². The fraction of sp³-hybridized carbons (Fsp3) is 0.0833. The Morgan fingerprint density at radius 2 is 1.18 bits per heavy atom. The maximum atomic E-state index is 5.88. The maximum absolute atomic E-state index is 5.88. The summed E-state index contributed by atoms with van der Waals surface area (Å²) in [7, 11) is 3.34. The molecule has 138 valence electrons. The molecule has 0 unspecified atom stereocenters. The molecule has 0 aliphatic carbocycles. The zero-order valence-electron chi connectivity index (χ0n) is 15.8. The molecule has 0 fully saturated rings. The van der Waals surface area contributed by atoms with Gasteiger partial charge in [-0.2, -0.15) is 0 Å². The van der Waals surface area contributed by atoms with E-state index in [2.05, 4.69) is 28.2 Å². The van der Waals surface area contributed by atoms with Crippen LogP contribution in [-0.4, -0.2) is 24.2 Å². The van der Waals surface area contributed by atoms with E-state index in [1.807, 2.05) is 54.6 Å². The molecule has 0 N–H and O–H groups in total. The summed E-state index contributed by atoms with van der Waals surface area (Å²) < 4.78 is 11.7. The van der Waals surface area contributed by atoms with Gasteiger partial charge in [-0.3, -0.25) is 9.97 Å². The topological polar surface area (TPSA) is 44.2 Å². The number of benzene rings is 2. The van der Waals surface area contributed by atoms with E-state index in [-0.39, 0.29) is 0 Å². The molecule has 0 saturated heterocycles. The van der Waals surface area contributed by atoms with Crippen molar-refractivity contribution in [3.8, 4) is 45.1 Å². The summed E-state index contributed by atoms with van der Waals surface area (Å²) in [5, 5.41) is 0. The van der Waals surface area contributed by atoms with Gasteiger partial charge in [0, 0.05) is 23.5 Å². The van der Waals surface area contributed by atoms with Crippen molar-refractivity contribution < 1.29 is 9.47 Å². The lowest BCUT2D eigenvalue weighted by Crippen LogP contribution is -2.00. The number of rotatable bonds is 5. The van der Waals surface area contributed by atoms with Crippen LogP contribution in [-0.2, 0) is 0 Å². The summed E-state index contributed by atoms with van der Waals surface area (Å²) in [6.45, 7) is 0. The van der Waals surface area contributed by atoms with E-state index in [0.29, 0.717) is 5.75 Å². The molecule has 2 aromatic carbocycles. The molecule has 0 amide bonds. The van der Waals surface area contributed by atoms with Gasteiger partial charge in [0.1, 0.15) is 11.5 Å². The third-order valence-corrected chi connectivity index (χ3v) is 4.59. The lowest BCUT2D eigenvalue weighted by Gasteiger charge is -2.20. The second-order valence-electron chi connectivity index (χ2n) is 6.21. The van der Waals surface area contributed by atoms with Crippen molar-refractivity contribution in [3.05, 3.63) is 85.2 Å². The van der Waals surface area contributed by atoms with Gasteiger partial charge in [-0.05, 0) is 35.9 Å². The molecule has 28 heavy (non-hydrogen) atoms. The van der Waals surface area contributed by atoms with Crippen LogP contribution in [0.15, 0.2) is 85.2 Å². The third-order valence-electron chi connectivity index (χ3n) is 4.59. The third kappa shape index (κ3) is 3.21. The minimum absolute atomic E-state index is 0.689. The summed E-state index contributed by atoms with van der Waals surface area (Å²) in [6.07, 6.45) is 3.55. The number of methoxy groups -OCH3 is 2. The normalized spacial score (nSPS) is 10.5. The van der Waals surface area contributed by atoms with Crippen LogP contribution in [0.4, 0.5) is 0 Å². The van der Waals surface area contributed by atoms with Gasteiger partial charge in [0.2, 0.25) is 0 Å². The molecule has 0 radical (unpaired) electrons. The number of hydrogen-bond acceptors (Lipinski definition) is 4. The van der Waals surface area contributed by atoms with Crippen LogP contribution < -0.4 is 9.47 Å². The van der Waals surface area contributed by atoms with Crippen LogP contribution in [0.25, 0.3) is 33.6 Å². The van der Waals surface area contributed by atoms with Crippen LogP contribution in [0.1, 0.15) is 0 Å². The summed E-state index contributed by atoms with van der Waals surface area (Å²) in [5.41, 5.74) is 5.33. The van der Waals surface area contributed by atoms with Crippen LogP contribution in [0, 0.1) is 0 Å². The summed E-state index contributed by atoms with van der Waals surface area (Å²) in [4.78, 5) is 9.10. The van der Waals surface area contributed by atoms with Crippen molar-refractivity contribution in [1.29, 1.82) is 0 Å². The zero-order chi connectivity index (χ0) is 19.3. The Morgan fingerprint density at radius 3 is 1.75 bits per heavy atom. The first kappa shape index (κ1) is 17.7. The first-order valence-corrected chi connectivity index (χ1v) is 9.00. The quantitative estimate of drug-likeness (QED) is 0.467. The van der Waals surface area contributed by atoms with Crippen molar-refractivity contribution in [2.45, 2.75) is 0 Å². The Kier molecular flexibility index (Phi) is 5.02. The second kappa shape index (κ2) is 7.92.